The molecule has 0 aliphatic rings. The van der Waals surface area contributed by atoms with Crippen LogP contribution in [-0.2, 0) is 4.74 Å². The summed E-state index contributed by atoms with van der Waals surface area (Å²) in [7, 11) is 1.69. The van der Waals surface area contributed by atoms with Crippen LogP contribution in [0.5, 0.6) is 0 Å². The van der Waals surface area contributed by atoms with Crippen molar-refractivity contribution in [2.75, 3.05) is 13.7 Å². The first-order valence-electron chi connectivity index (χ1n) is 7.23. The molecular weight excluding hydrogens is 242 g/mol. The molecule has 0 radical (unpaired) electrons. The van der Waals surface area contributed by atoms with Gasteiger partial charge < -0.3 is 14.6 Å². The topological polar surface area (TPSA) is 60.2 Å². The first-order valence-corrected chi connectivity index (χ1v) is 7.23. The van der Waals surface area contributed by atoms with Crippen molar-refractivity contribution >= 4 is 0 Å². The number of nitrogens with one attached hydrogen (secondary N) is 1. The minimum absolute atomic E-state index is 0.0615. The van der Waals surface area contributed by atoms with Gasteiger partial charge in [0, 0.05) is 13.2 Å². The molecule has 0 spiro atoms. The molecule has 0 aliphatic heterocycles. The number of hydrogen-bond donors (Lipinski definition) is 1. The molecule has 0 aromatic carbocycles. The highest BCUT2D eigenvalue weighted by molar-refractivity contribution is 4.98. The number of ether oxygens (including phenoxy) is 1. The van der Waals surface area contributed by atoms with Gasteiger partial charge in [0.05, 0.1) is 5.92 Å². The Kier molecular flexibility index (Phi) is 7.02. The van der Waals surface area contributed by atoms with E-state index >= 15 is 0 Å². The van der Waals surface area contributed by atoms with E-state index in [-0.39, 0.29) is 12.0 Å². The number of hydrogen-bond acceptors (Lipinski definition) is 5. The third kappa shape index (κ3) is 4.58. The minimum atomic E-state index is -0.0615. The molecule has 0 saturated carbocycles. The van der Waals surface area contributed by atoms with E-state index in [2.05, 4.69) is 43.2 Å². The second-order valence-corrected chi connectivity index (χ2v) is 5.04. The molecule has 1 N–H and O–H groups in total. The summed E-state index contributed by atoms with van der Waals surface area (Å²) in [5, 5.41) is 7.50. The van der Waals surface area contributed by atoms with Crippen molar-refractivity contribution in [1.82, 2.24) is 15.5 Å². The quantitative estimate of drug-likeness (QED) is 0.746. The van der Waals surface area contributed by atoms with E-state index in [4.69, 9.17) is 9.26 Å². The Balaban J connectivity index is 2.66. The van der Waals surface area contributed by atoms with E-state index in [9.17, 15) is 0 Å². The average Bonchev–Trinajstić information content (AvgIpc) is 2.90. The van der Waals surface area contributed by atoms with Crippen LogP contribution >= 0.6 is 0 Å². The van der Waals surface area contributed by atoms with E-state index < -0.39 is 0 Å². The molecule has 0 amide bonds. The Hall–Kier alpha value is -0.940. The lowest BCUT2D eigenvalue weighted by molar-refractivity contribution is 0.0854. The van der Waals surface area contributed by atoms with Crippen molar-refractivity contribution in [3.63, 3.8) is 0 Å². The van der Waals surface area contributed by atoms with Gasteiger partial charge in [0.15, 0.2) is 0 Å². The van der Waals surface area contributed by atoms with Gasteiger partial charge in [-0.2, -0.15) is 4.98 Å². The van der Waals surface area contributed by atoms with Gasteiger partial charge in [-0.05, 0) is 26.3 Å². The zero-order chi connectivity index (χ0) is 14.3. The van der Waals surface area contributed by atoms with Crippen LogP contribution in [0.25, 0.3) is 0 Å². The predicted molar refractivity (Wildman–Crippen MR) is 75.1 cm³/mol. The lowest BCUT2D eigenvalue weighted by Gasteiger charge is -2.17. The van der Waals surface area contributed by atoms with Gasteiger partial charge >= 0.3 is 0 Å². The molecule has 1 aromatic heterocycles. The van der Waals surface area contributed by atoms with E-state index in [1.54, 1.807) is 7.11 Å². The van der Waals surface area contributed by atoms with Crippen LogP contribution in [0, 0.1) is 0 Å². The fraction of sp³-hybridized carbons (Fsp3) is 0.857. The number of methoxy groups -OCH3 is 1. The van der Waals surface area contributed by atoms with Crippen molar-refractivity contribution in [3.8, 4) is 0 Å². The van der Waals surface area contributed by atoms with Crippen molar-refractivity contribution in [3.05, 3.63) is 11.7 Å². The summed E-state index contributed by atoms with van der Waals surface area (Å²) in [6.45, 7) is 9.52. The van der Waals surface area contributed by atoms with Crippen molar-refractivity contribution in [2.24, 2.45) is 0 Å². The maximum atomic E-state index is 5.39. The van der Waals surface area contributed by atoms with Crippen LogP contribution in [0.1, 0.15) is 70.7 Å². The van der Waals surface area contributed by atoms with Crippen LogP contribution in [0.15, 0.2) is 4.52 Å². The Morgan fingerprint density at radius 1 is 1.26 bits per heavy atom. The lowest BCUT2D eigenvalue weighted by Crippen LogP contribution is -2.31. The molecule has 0 fully saturated rings. The Morgan fingerprint density at radius 2 is 2.00 bits per heavy atom. The molecule has 1 aromatic rings. The van der Waals surface area contributed by atoms with Gasteiger partial charge in [-0.15, -0.1) is 0 Å². The molecule has 110 valence electrons. The summed E-state index contributed by atoms with van der Waals surface area (Å²) in [5.74, 6) is 1.55. The first-order chi connectivity index (χ1) is 9.13. The van der Waals surface area contributed by atoms with Crippen LogP contribution in [-0.4, -0.2) is 29.8 Å². The minimum Gasteiger partial charge on any atom is -0.373 e. The first kappa shape index (κ1) is 16.1. The molecule has 5 heteroatoms. The van der Waals surface area contributed by atoms with E-state index in [1.165, 1.54) is 0 Å². The summed E-state index contributed by atoms with van der Waals surface area (Å²) in [6.07, 6.45) is 3.00. The Bertz CT molecular complexity index is 354. The average molecular weight is 269 g/mol. The summed E-state index contributed by atoms with van der Waals surface area (Å²) in [5.41, 5.74) is 0. The van der Waals surface area contributed by atoms with Crippen molar-refractivity contribution in [1.29, 1.82) is 0 Å². The molecule has 5 nitrogen and oxygen atoms in total. The molecular formula is C14H27N3O2. The molecule has 1 rings (SSSR count). The largest absolute Gasteiger partial charge is 0.373 e. The molecule has 0 aliphatic carbocycles. The summed E-state index contributed by atoms with van der Waals surface area (Å²) in [6, 6.07) is 0.320. The molecule has 1 heterocycles. The van der Waals surface area contributed by atoms with Gasteiger partial charge in [0.1, 0.15) is 6.10 Å². The van der Waals surface area contributed by atoms with E-state index in [1.807, 2.05) is 0 Å². The van der Waals surface area contributed by atoms with Crippen LogP contribution in [0.2, 0.25) is 0 Å². The fourth-order valence-corrected chi connectivity index (χ4v) is 1.94. The van der Waals surface area contributed by atoms with Gasteiger partial charge in [-0.1, -0.05) is 32.3 Å². The van der Waals surface area contributed by atoms with Crippen LogP contribution in [0.4, 0.5) is 0 Å². The zero-order valence-electron chi connectivity index (χ0n) is 12.8. The monoisotopic (exact) mass is 269 g/mol. The van der Waals surface area contributed by atoms with E-state index in [0.717, 1.165) is 25.8 Å². The smallest absolute Gasteiger partial charge is 0.231 e. The van der Waals surface area contributed by atoms with Gasteiger partial charge in [-0.25, -0.2) is 0 Å². The Labute approximate surface area is 116 Å². The summed E-state index contributed by atoms with van der Waals surface area (Å²) in [4.78, 5) is 4.49. The maximum absolute atomic E-state index is 5.39. The number of aromatic nitrogens is 2. The second-order valence-electron chi connectivity index (χ2n) is 5.04. The zero-order valence-corrected chi connectivity index (χ0v) is 12.8. The standard InChI is InChI=1S/C14H27N3O2/c1-6-8-12(18-5)13-16-14(19-17-13)10(3)11(4)15-9-7-2/h10-12,15H,6-9H2,1-5H3. The third-order valence-corrected chi connectivity index (χ3v) is 3.44. The van der Waals surface area contributed by atoms with E-state index in [0.29, 0.717) is 17.8 Å². The number of rotatable bonds is 9. The third-order valence-electron chi connectivity index (χ3n) is 3.44. The molecule has 3 unspecified atom stereocenters. The van der Waals surface area contributed by atoms with Gasteiger partial charge in [0.2, 0.25) is 11.7 Å². The maximum Gasteiger partial charge on any atom is 0.231 e. The second kappa shape index (κ2) is 8.27. The Morgan fingerprint density at radius 3 is 2.58 bits per heavy atom. The molecule has 0 bridgehead atoms. The van der Waals surface area contributed by atoms with Crippen LogP contribution < -0.4 is 5.32 Å². The highest BCUT2D eigenvalue weighted by atomic mass is 16.5. The normalized spacial score (nSPS) is 16.3. The highest BCUT2D eigenvalue weighted by Gasteiger charge is 2.23. The lowest BCUT2D eigenvalue weighted by atomic mass is 10.0. The number of nitrogens with zero attached hydrogens (tertiary/aromatic N) is 2. The molecule has 0 saturated heterocycles. The van der Waals surface area contributed by atoms with Gasteiger partial charge in [-0.3, -0.25) is 0 Å². The highest BCUT2D eigenvalue weighted by Crippen LogP contribution is 2.23. The van der Waals surface area contributed by atoms with Crippen molar-refractivity contribution in [2.45, 2.75) is 65.0 Å². The fourth-order valence-electron chi connectivity index (χ4n) is 1.94. The SMILES string of the molecule is CCCNC(C)C(C)c1nc(C(CCC)OC)no1. The predicted octanol–water partition coefficient (Wildman–Crippen LogP) is 3.05. The summed E-state index contributed by atoms with van der Waals surface area (Å²) >= 11 is 0. The summed E-state index contributed by atoms with van der Waals surface area (Å²) < 4.78 is 10.8. The van der Waals surface area contributed by atoms with Gasteiger partial charge in [0.25, 0.3) is 0 Å². The van der Waals surface area contributed by atoms with Crippen molar-refractivity contribution < 1.29 is 9.26 Å². The molecule has 3 atom stereocenters. The molecule has 19 heavy (non-hydrogen) atoms. The van der Waals surface area contributed by atoms with Crippen LogP contribution in [0.3, 0.4) is 0 Å².